The SMILES string of the molecule is COc1ccc2nc(-n3nc(C)cc3NC(=O)OCCCl)sc2c1. The number of benzene rings is 1. The highest BCUT2D eigenvalue weighted by molar-refractivity contribution is 7.20. The van der Waals surface area contributed by atoms with Crippen LogP contribution < -0.4 is 10.1 Å². The van der Waals surface area contributed by atoms with E-state index in [1.807, 2.05) is 25.1 Å². The molecule has 1 amide bonds. The van der Waals surface area contributed by atoms with E-state index in [-0.39, 0.29) is 12.5 Å². The third-order valence-corrected chi connectivity index (χ3v) is 4.29. The topological polar surface area (TPSA) is 78.3 Å². The molecule has 0 unspecified atom stereocenters. The fourth-order valence-corrected chi connectivity index (χ4v) is 3.15. The van der Waals surface area contributed by atoms with Crippen LogP contribution in [0.25, 0.3) is 15.3 Å². The number of alkyl halides is 1. The molecule has 0 radical (unpaired) electrons. The highest BCUT2D eigenvalue weighted by atomic mass is 35.5. The first kappa shape index (κ1) is 16.5. The maximum atomic E-state index is 11.8. The van der Waals surface area contributed by atoms with Crippen molar-refractivity contribution in [2.45, 2.75) is 6.92 Å². The van der Waals surface area contributed by atoms with Crippen molar-refractivity contribution >= 4 is 45.1 Å². The zero-order valence-electron chi connectivity index (χ0n) is 13.1. The third kappa shape index (κ3) is 3.44. The minimum atomic E-state index is -0.584. The van der Waals surface area contributed by atoms with Gasteiger partial charge in [-0.1, -0.05) is 11.3 Å². The summed E-state index contributed by atoms with van der Waals surface area (Å²) in [5.74, 6) is 1.49. The number of aryl methyl sites for hydroxylation is 1. The number of halogens is 1. The van der Waals surface area contributed by atoms with Gasteiger partial charge in [-0.15, -0.1) is 11.6 Å². The number of amides is 1. The molecular formula is C15H15ClN4O3S. The summed E-state index contributed by atoms with van der Waals surface area (Å²) in [6, 6.07) is 7.39. The largest absolute Gasteiger partial charge is 0.497 e. The van der Waals surface area contributed by atoms with Crippen molar-refractivity contribution in [2.24, 2.45) is 0 Å². The van der Waals surface area contributed by atoms with Crippen LogP contribution in [-0.2, 0) is 4.74 Å². The lowest BCUT2D eigenvalue weighted by molar-refractivity contribution is 0.168. The van der Waals surface area contributed by atoms with E-state index in [1.54, 1.807) is 17.9 Å². The monoisotopic (exact) mass is 366 g/mol. The molecule has 0 atom stereocenters. The fraction of sp³-hybridized carbons (Fsp3) is 0.267. The van der Waals surface area contributed by atoms with Crippen LogP contribution in [0.5, 0.6) is 5.75 Å². The first-order valence-corrected chi connectivity index (χ1v) is 8.47. The Bertz CT molecular complexity index is 877. The number of aromatic nitrogens is 3. The summed E-state index contributed by atoms with van der Waals surface area (Å²) in [5.41, 5.74) is 1.58. The number of fused-ring (bicyclic) bond motifs is 1. The Morgan fingerprint density at radius 3 is 3.00 bits per heavy atom. The molecular weight excluding hydrogens is 352 g/mol. The summed E-state index contributed by atoms with van der Waals surface area (Å²) < 4.78 is 12.7. The van der Waals surface area contributed by atoms with Gasteiger partial charge in [0.2, 0.25) is 5.13 Å². The summed E-state index contributed by atoms with van der Waals surface area (Å²) in [6.07, 6.45) is -0.584. The Morgan fingerprint density at radius 2 is 2.25 bits per heavy atom. The molecule has 1 N–H and O–H groups in total. The molecule has 0 aliphatic heterocycles. The summed E-state index contributed by atoms with van der Waals surface area (Å²) in [5, 5.41) is 7.68. The van der Waals surface area contributed by atoms with Crippen molar-refractivity contribution in [3.8, 4) is 10.9 Å². The minimum absolute atomic E-state index is 0.140. The van der Waals surface area contributed by atoms with Crippen LogP contribution >= 0.6 is 22.9 Å². The predicted octanol–water partition coefficient (Wildman–Crippen LogP) is 3.59. The van der Waals surface area contributed by atoms with E-state index in [4.69, 9.17) is 21.1 Å². The number of hydrogen-bond acceptors (Lipinski definition) is 6. The lowest BCUT2D eigenvalue weighted by Gasteiger charge is -2.06. The molecule has 7 nitrogen and oxygen atoms in total. The van der Waals surface area contributed by atoms with Crippen molar-refractivity contribution in [2.75, 3.05) is 24.9 Å². The van der Waals surface area contributed by atoms with Crippen LogP contribution in [0.1, 0.15) is 5.69 Å². The number of hydrogen-bond donors (Lipinski definition) is 1. The van der Waals surface area contributed by atoms with Crippen LogP contribution in [0.4, 0.5) is 10.6 Å². The zero-order chi connectivity index (χ0) is 17.1. The molecule has 0 saturated heterocycles. The molecule has 0 fully saturated rings. The normalized spacial score (nSPS) is 10.8. The van der Waals surface area contributed by atoms with E-state index in [2.05, 4.69) is 15.4 Å². The second-order valence-electron chi connectivity index (χ2n) is 4.86. The fourth-order valence-electron chi connectivity index (χ4n) is 2.12. The zero-order valence-corrected chi connectivity index (χ0v) is 14.6. The van der Waals surface area contributed by atoms with Gasteiger partial charge in [0.1, 0.15) is 18.2 Å². The summed E-state index contributed by atoms with van der Waals surface area (Å²) >= 11 is 6.96. The Kier molecular flexibility index (Phi) is 4.86. The van der Waals surface area contributed by atoms with Gasteiger partial charge in [0, 0.05) is 6.07 Å². The molecule has 24 heavy (non-hydrogen) atoms. The summed E-state index contributed by atoms with van der Waals surface area (Å²) in [7, 11) is 1.62. The van der Waals surface area contributed by atoms with Crippen molar-refractivity contribution < 1.29 is 14.3 Å². The molecule has 3 rings (SSSR count). The van der Waals surface area contributed by atoms with Crippen LogP contribution in [0.15, 0.2) is 24.3 Å². The Labute approximate surface area is 147 Å². The standard InChI is InChI=1S/C15H15ClN4O3S/c1-9-7-13(18-15(21)23-6-5-16)20(19-9)14-17-11-4-3-10(22-2)8-12(11)24-14/h3-4,7-8H,5-6H2,1-2H3,(H,18,21). The van der Waals surface area contributed by atoms with Crippen molar-refractivity contribution in [3.05, 3.63) is 30.0 Å². The van der Waals surface area contributed by atoms with Gasteiger partial charge in [-0.05, 0) is 25.1 Å². The van der Waals surface area contributed by atoms with Gasteiger partial charge >= 0.3 is 6.09 Å². The predicted molar refractivity (Wildman–Crippen MR) is 93.7 cm³/mol. The highest BCUT2D eigenvalue weighted by Crippen LogP contribution is 2.29. The van der Waals surface area contributed by atoms with Gasteiger partial charge in [-0.25, -0.2) is 9.78 Å². The Balaban J connectivity index is 1.93. The van der Waals surface area contributed by atoms with E-state index < -0.39 is 6.09 Å². The van der Waals surface area contributed by atoms with Gasteiger partial charge in [0.15, 0.2) is 0 Å². The average molecular weight is 367 g/mol. The number of thiazole rings is 1. The Hall–Kier alpha value is -2.32. The lowest BCUT2D eigenvalue weighted by Crippen LogP contribution is -2.17. The average Bonchev–Trinajstić information content (AvgIpc) is 3.14. The van der Waals surface area contributed by atoms with Crippen LogP contribution in [0.3, 0.4) is 0 Å². The van der Waals surface area contributed by atoms with Gasteiger partial charge in [-0.2, -0.15) is 9.78 Å². The van der Waals surface area contributed by atoms with E-state index in [1.165, 1.54) is 11.3 Å². The molecule has 0 aliphatic carbocycles. The third-order valence-electron chi connectivity index (χ3n) is 3.14. The number of ether oxygens (including phenoxy) is 2. The number of rotatable bonds is 5. The molecule has 2 aromatic heterocycles. The lowest BCUT2D eigenvalue weighted by atomic mass is 10.3. The summed E-state index contributed by atoms with van der Waals surface area (Å²) in [4.78, 5) is 16.3. The number of anilines is 1. The molecule has 9 heteroatoms. The van der Waals surface area contributed by atoms with Crippen LogP contribution in [0.2, 0.25) is 0 Å². The molecule has 0 bridgehead atoms. The van der Waals surface area contributed by atoms with Crippen LogP contribution in [0, 0.1) is 6.92 Å². The number of carbonyl (C=O) groups excluding carboxylic acids is 1. The maximum absolute atomic E-state index is 11.8. The van der Waals surface area contributed by atoms with E-state index in [0.29, 0.717) is 10.9 Å². The number of nitrogens with zero attached hydrogens (tertiary/aromatic N) is 3. The molecule has 3 aromatic rings. The van der Waals surface area contributed by atoms with E-state index in [9.17, 15) is 4.79 Å². The smallest absolute Gasteiger partial charge is 0.412 e. The van der Waals surface area contributed by atoms with Gasteiger partial charge in [0.25, 0.3) is 0 Å². The van der Waals surface area contributed by atoms with Crippen molar-refractivity contribution in [1.29, 1.82) is 0 Å². The van der Waals surface area contributed by atoms with Crippen molar-refractivity contribution in [3.63, 3.8) is 0 Å². The van der Waals surface area contributed by atoms with Gasteiger partial charge in [0.05, 0.1) is 28.9 Å². The van der Waals surface area contributed by atoms with Gasteiger partial charge in [-0.3, -0.25) is 5.32 Å². The number of nitrogens with one attached hydrogen (secondary N) is 1. The van der Waals surface area contributed by atoms with Crippen molar-refractivity contribution in [1.82, 2.24) is 14.8 Å². The molecule has 2 heterocycles. The highest BCUT2D eigenvalue weighted by Gasteiger charge is 2.15. The number of methoxy groups -OCH3 is 1. The molecule has 1 aromatic carbocycles. The van der Waals surface area contributed by atoms with E-state index >= 15 is 0 Å². The first-order valence-electron chi connectivity index (χ1n) is 7.12. The van der Waals surface area contributed by atoms with E-state index in [0.717, 1.165) is 21.7 Å². The molecule has 0 saturated carbocycles. The molecule has 126 valence electrons. The molecule has 0 spiro atoms. The van der Waals surface area contributed by atoms with Crippen LogP contribution in [-0.4, -0.2) is 40.5 Å². The quantitative estimate of drug-likeness (QED) is 0.698. The molecule has 0 aliphatic rings. The first-order chi connectivity index (χ1) is 11.6. The second-order valence-corrected chi connectivity index (χ2v) is 6.25. The van der Waals surface area contributed by atoms with Gasteiger partial charge < -0.3 is 9.47 Å². The summed E-state index contributed by atoms with van der Waals surface area (Å²) in [6.45, 7) is 1.98. The number of carbonyl (C=O) groups is 1. The Morgan fingerprint density at radius 1 is 1.42 bits per heavy atom. The second kappa shape index (κ2) is 7.06. The minimum Gasteiger partial charge on any atom is -0.497 e. The maximum Gasteiger partial charge on any atom is 0.412 e.